The van der Waals surface area contributed by atoms with Crippen molar-refractivity contribution in [1.82, 2.24) is 19.4 Å². The summed E-state index contributed by atoms with van der Waals surface area (Å²) >= 11 is 0. The van der Waals surface area contributed by atoms with Crippen molar-refractivity contribution in [1.29, 1.82) is 0 Å². The number of rotatable bonds is 4. The molecule has 1 fully saturated rings. The molecular formula is C25H22F2N4O2. The SMILES string of the molecule is COc1cc(C=C2CC=C3CC[C@@H](c4ccc(F)nc4F)N3C2=O)ccc1-n1cnc(C)c1. The number of halogens is 2. The van der Waals surface area contributed by atoms with Gasteiger partial charge in [-0.3, -0.25) is 4.79 Å². The number of hydrogen-bond acceptors (Lipinski definition) is 4. The summed E-state index contributed by atoms with van der Waals surface area (Å²) in [6.45, 7) is 1.91. The summed E-state index contributed by atoms with van der Waals surface area (Å²) in [5.74, 6) is -1.27. The van der Waals surface area contributed by atoms with Crippen LogP contribution in [0.4, 0.5) is 8.78 Å². The first-order valence-electron chi connectivity index (χ1n) is 10.7. The monoisotopic (exact) mass is 448 g/mol. The van der Waals surface area contributed by atoms with Gasteiger partial charge in [0.05, 0.1) is 30.9 Å². The minimum Gasteiger partial charge on any atom is -0.495 e. The van der Waals surface area contributed by atoms with Gasteiger partial charge < -0.3 is 14.2 Å². The van der Waals surface area contributed by atoms with E-state index in [1.54, 1.807) is 18.3 Å². The third-order valence-electron chi connectivity index (χ3n) is 6.08. The second-order valence-electron chi connectivity index (χ2n) is 8.17. The van der Waals surface area contributed by atoms with Gasteiger partial charge in [-0.1, -0.05) is 12.1 Å². The number of imidazole rings is 1. The van der Waals surface area contributed by atoms with Crippen molar-refractivity contribution in [3.63, 3.8) is 0 Å². The van der Waals surface area contributed by atoms with Crippen LogP contribution in [-0.4, -0.2) is 32.5 Å². The maximum atomic E-state index is 14.4. The summed E-state index contributed by atoms with van der Waals surface area (Å²) in [7, 11) is 1.60. The number of aryl methyl sites for hydroxylation is 1. The molecule has 0 saturated carbocycles. The van der Waals surface area contributed by atoms with Gasteiger partial charge in [-0.25, -0.2) is 4.98 Å². The lowest BCUT2D eigenvalue weighted by molar-refractivity contribution is -0.126. The van der Waals surface area contributed by atoms with Crippen LogP contribution in [0.3, 0.4) is 0 Å². The Morgan fingerprint density at radius 1 is 1.21 bits per heavy atom. The average Bonchev–Trinajstić information content (AvgIpc) is 3.42. The van der Waals surface area contributed by atoms with Crippen molar-refractivity contribution < 1.29 is 18.3 Å². The molecule has 6 nitrogen and oxygen atoms in total. The molecule has 1 amide bonds. The van der Waals surface area contributed by atoms with Crippen LogP contribution in [0.15, 0.2) is 60.2 Å². The smallest absolute Gasteiger partial charge is 0.254 e. The maximum absolute atomic E-state index is 14.4. The van der Waals surface area contributed by atoms with Gasteiger partial charge in [0.25, 0.3) is 5.91 Å². The molecule has 2 aliphatic rings. The molecule has 2 aliphatic heterocycles. The number of carbonyl (C=O) groups is 1. The molecule has 0 radical (unpaired) electrons. The fourth-order valence-corrected chi connectivity index (χ4v) is 4.51. The van der Waals surface area contributed by atoms with E-state index in [2.05, 4.69) is 9.97 Å². The van der Waals surface area contributed by atoms with Crippen LogP contribution in [0.1, 0.15) is 42.1 Å². The van der Waals surface area contributed by atoms with E-state index in [-0.39, 0.29) is 11.5 Å². The number of hydrogen-bond donors (Lipinski definition) is 0. The average molecular weight is 448 g/mol. The van der Waals surface area contributed by atoms with Crippen LogP contribution in [0.25, 0.3) is 11.8 Å². The number of nitrogens with zero attached hydrogens (tertiary/aromatic N) is 4. The van der Waals surface area contributed by atoms with Gasteiger partial charge in [0.2, 0.25) is 11.9 Å². The summed E-state index contributed by atoms with van der Waals surface area (Å²) in [5, 5.41) is 0. The van der Waals surface area contributed by atoms with Gasteiger partial charge in [0.15, 0.2) is 0 Å². The fourth-order valence-electron chi connectivity index (χ4n) is 4.51. The van der Waals surface area contributed by atoms with E-state index >= 15 is 0 Å². The minimum atomic E-state index is -0.876. The highest BCUT2D eigenvalue weighted by atomic mass is 19.1. The van der Waals surface area contributed by atoms with Crippen LogP contribution in [-0.2, 0) is 4.79 Å². The van der Waals surface area contributed by atoms with Crippen molar-refractivity contribution in [3.8, 4) is 11.4 Å². The third-order valence-corrected chi connectivity index (χ3v) is 6.08. The predicted octanol–water partition coefficient (Wildman–Crippen LogP) is 4.90. The largest absolute Gasteiger partial charge is 0.495 e. The second kappa shape index (κ2) is 8.27. The van der Waals surface area contributed by atoms with Crippen LogP contribution in [0.5, 0.6) is 5.75 Å². The Hall–Kier alpha value is -3.81. The molecule has 5 rings (SSSR count). The second-order valence-corrected chi connectivity index (χ2v) is 8.17. The molecule has 0 spiro atoms. The predicted molar refractivity (Wildman–Crippen MR) is 119 cm³/mol. The lowest BCUT2D eigenvalue weighted by Gasteiger charge is -2.30. The summed E-state index contributed by atoms with van der Waals surface area (Å²) in [4.78, 5) is 22.5. The number of methoxy groups -OCH3 is 1. The third kappa shape index (κ3) is 3.82. The quantitative estimate of drug-likeness (QED) is 0.421. The van der Waals surface area contributed by atoms with Crippen LogP contribution in [0.2, 0.25) is 0 Å². The molecule has 33 heavy (non-hydrogen) atoms. The molecule has 3 aromatic rings. The van der Waals surface area contributed by atoms with E-state index in [1.165, 1.54) is 6.07 Å². The number of carbonyl (C=O) groups excluding carboxylic acids is 1. The van der Waals surface area contributed by atoms with E-state index in [0.717, 1.165) is 28.7 Å². The van der Waals surface area contributed by atoms with Crippen molar-refractivity contribution in [2.45, 2.75) is 32.2 Å². The van der Waals surface area contributed by atoms with Crippen molar-refractivity contribution >= 4 is 12.0 Å². The van der Waals surface area contributed by atoms with E-state index in [0.29, 0.717) is 30.6 Å². The minimum absolute atomic E-state index is 0.174. The Labute approximate surface area is 189 Å². The number of aromatic nitrogens is 3. The molecule has 8 heteroatoms. The first-order chi connectivity index (χ1) is 15.9. The Bertz CT molecular complexity index is 1310. The maximum Gasteiger partial charge on any atom is 0.254 e. The summed E-state index contributed by atoms with van der Waals surface area (Å²) in [6.07, 6.45) is 9.18. The number of benzene rings is 1. The zero-order chi connectivity index (χ0) is 23.1. The molecular weight excluding hydrogens is 426 g/mol. The van der Waals surface area contributed by atoms with Gasteiger partial charge in [-0.2, -0.15) is 13.8 Å². The molecule has 1 aromatic carbocycles. The molecule has 4 heterocycles. The van der Waals surface area contributed by atoms with E-state index in [9.17, 15) is 13.6 Å². The van der Waals surface area contributed by atoms with Gasteiger partial charge in [-0.05, 0) is 62.1 Å². The lowest BCUT2D eigenvalue weighted by atomic mass is 10.0. The molecule has 1 atom stereocenters. The van der Waals surface area contributed by atoms with Crippen LogP contribution in [0, 0.1) is 18.8 Å². The topological polar surface area (TPSA) is 60.2 Å². The molecule has 2 aromatic heterocycles. The summed E-state index contributed by atoms with van der Waals surface area (Å²) < 4.78 is 35.1. The van der Waals surface area contributed by atoms with E-state index in [1.807, 2.05) is 48.0 Å². The van der Waals surface area contributed by atoms with Crippen molar-refractivity contribution in [2.24, 2.45) is 0 Å². The Morgan fingerprint density at radius 2 is 2.06 bits per heavy atom. The van der Waals surface area contributed by atoms with Gasteiger partial charge >= 0.3 is 0 Å². The zero-order valence-corrected chi connectivity index (χ0v) is 18.3. The molecule has 0 unspecified atom stereocenters. The summed E-state index contributed by atoms with van der Waals surface area (Å²) in [6, 6.07) is 7.70. The molecule has 1 saturated heterocycles. The Kier molecular flexibility index (Phi) is 5.28. The van der Waals surface area contributed by atoms with Gasteiger partial charge in [0.1, 0.15) is 5.75 Å². The summed E-state index contributed by atoms with van der Waals surface area (Å²) in [5.41, 5.74) is 4.25. The standard InChI is InChI=1S/C25H22F2N4O2/c1-15-13-30(14-28-15)21-8-3-16(12-22(21)33-2)11-17-4-5-18-6-9-20(31(18)25(17)32)19-7-10-23(26)29-24(19)27/h3,5,7-8,10-14,20H,4,6,9H2,1-2H3/t20-/m0/s1. The number of ether oxygens (including phenoxy) is 1. The first-order valence-corrected chi connectivity index (χ1v) is 10.7. The lowest BCUT2D eigenvalue weighted by Crippen LogP contribution is -2.33. The molecule has 0 aliphatic carbocycles. The van der Waals surface area contributed by atoms with Crippen molar-refractivity contribution in [2.75, 3.05) is 7.11 Å². The first kappa shape index (κ1) is 21.1. The van der Waals surface area contributed by atoms with E-state index < -0.39 is 17.9 Å². The molecule has 0 bridgehead atoms. The number of pyridine rings is 1. The number of fused-ring (bicyclic) bond motifs is 1. The zero-order valence-electron chi connectivity index (χ0n) is 18.3. The van der Waals surface area contributed by atoms with Gasteiger partial charge in [0, 0.05) is 23.0 Å². The Morgan fingerprint density at radius 3 is 2.79 bits per heavy atom. The highest BCUT2D eigenvalue weighted by Crippen LogP contribution is 2.43. The molecule has 0 N–H and O–H groups in total. The van der Waals surface area contributed by atoms with Crippen LogP contribution < -0.4 is 4.74 Å². The number of amides is 1. The highest BCUT2D eigenvalue weighted by Gasteiger charge is 2.38. The van der Waals surface area contributed by atoms with Crippen molar-refractivity contribution in [3.05, 3.63) is 88.9 Å². The van der Waals surface area contributed by atoms with Crippen LogP contribution >= 0.6 is 0 Å². The Balaban J connectivity index is 1.46. The highest BCUT2D eigenvalue weighted by molar-refractivity contribution is 6.00. The molecule has 168 valence electrons. The van der Waals surface area contributed by atoms with Gasteiger partial charge in [-0.15, -0.1) is 0 Å². The normalized spacial score (nSPS) is 19.1. The fraction of sp³-hybridized carbons (Fsp3) is 0.240. The van der Waals surface area contributed by atoms with E-state index in [4.69, 9.17) is 4.74 Å². The number of allylic oxidation sites excluding steroid dienone is 2.